The summed E-state index contributed by atoms with van der Waals surface area (Å²) in [7, 11) is 0. The smallest absolute Gasteiger partial charge is 0.399 e. The van der Waals surface area contributed by atoms with E-state index in [2.05, 4.69) is 15.2 Å². The number of benzene rings is 1. The highest BCUT2D eigenvalue weighted by Gasteiger charge is 2.43. The van der Waals surface area contributed by atoms with E-state index in [-0.39, 0.29) is 22.6 Å². The van der Waals surface area contributed by atoms with Crippen LogP contribution in [0.2, 0.25) is 0 Å². The van der Waals surface area contributed by atoms with Gasteiger partial charge in [-0.25, -0.2) is 0 Å². The van der Waals surface area contributed by atoms with E-state index >= 15 is 0 Å². The average Bonchev–Trinajstić information content (AvgIpc) is 2.97. The lowest BCUT2D eigenvalue weighted by molar-refractivity contribution is -0.141. The zero-order chi connectivity index (χ0) is 16.4. The van der Waals surface area contributed by atoms with E-state index < -0.39 is 12.1 Å². The number of alkyl halides is 3. The van der Waals surface area contributed by atoms with E-state index in [0.29, 0.717) is 5.56 Å². The van der Waals surface area contributed by atoms with Crippen LogP contribution in [0.25, 0.3) is 11.3 Å². The van der Waals surface area contributed by atoms with Crippen molar-refractivity contribution in [3.8, 4) is 17.0 Å². The van der Waals surface area contributed by atoms with Gasteiger partial charge in [-0.3, -0.25) is 10.1 Å². The Balaban J connectivity index is 2.12. The minimum atomic E-state index is -4.48. The molecule has 0 bridgehead atoms. The number of nitrogens with zero attached hydrogens (tertiary/aromatic N) is 2. The number of nitrogens with one attached hydrogen (secondary N) is 1. The second-order valence-electron chi connectivity index (χ2n) is 5.00. The second kappa shape index (κ2) is 5.75. The molecule has 0 aliphatic rings. The number of halogens is 3. The predicted octanol–water partition coefficient (Wildman–Crippen LogP) is 3.87. The summed E-state index contributed by atoms with van der Waals surface area (Å²) in [5, 5.41) is 15.7. The molecule has 0 saturated carbocycles. The Hall–Kier alpha value is -2.83. The largest absolute Gasteiger partial charge is 0.508 e. The molecule has 4 nitrogen and oxygen atoms in total. The van der Waals surface area contributed by atoms with E-state index in [1.807, 2.05) is 0 Å². The molecule has 0 amide bonds. The average molecular weight is 319 g/mol. The zero-order valence-electron chi connectivity index (χ0n) is 11.7. The van der Waals surface area contributed by atoms with Crippen molar-refractivity contribution in [2.45, 2.75) is 12.1 Å². The summed E-state index contributed by atoms with van der Waals surface area (Å²) in [4.78, 5) is 3.76. The van der Waals surface area contributed by atoms with E-state index in [1.165, 1.54) is 55.0 Å². The van der Waals surface area contributed by atoms with Crippen LogP contribution in [-0.2, 0) is 0 Å². The lowest BCUT2D eigenvalue weighted by Gasteiger charge is -2.21. The predicted molar refractivity (Wildman–Crippen MR) is 77.8 cm³/mol. The molecule has 3 aromatic rings. The van der Waals surface area contributed by atoms with Gasteiger partial charge in [0.05, 0.1) is 11.9 Å². The second-order valence-corrected chi connectivity index (χ2v) is 5.00. The van der Waals surface area contributed by atoms with Gasteiger partial charge in [0, 0.05) is 23.5 Å². The summed E-state index contributed by atoms with van der Waals surface area (Å²) >= 11 is 0. The first-order valence-corrected chi connectivity index (χ1v) is 6.76. The lowest BCUT2D eigenvalue weighted by atomic mass is 9.90. The van der Waals surface area contributed by atoms with Crippen LogP contribution in [0, 0.1) is 0 Å². The highest BCUT2D eigenvalue weighted by Crippen LogP contribution is 2.43. The number of hydrogen-bond acceptors (Lipinski definition) is 3. The van der Waals surface area contributed by atoms with Crippen molar-refractivity contribution < 1.29 is 18.3 Å². The SMILES string of the molecule is Oc1ccc(-c2[nH]ncc2C(c2ccncc2)C(F)(F)F)cc1. The van der Waals surface area contributed by atoms with Gasteiger partial charge in [0.1, 0.15) is 11.7 Å². The van der Waals surface area contributed by atoms with E-state index in [4.69, 9.17) is 0 Å². The van der Waals surface area contributed by atoms with Gasteiger partial charge in [-0.2, -0.15) is 18.3 Å². The molecule has 0 saturated heterocycles. The number of hydrogen-bond donors (Lipinski definition) is 2. The van der Waals surface area contributed by atoms with Gasteiger partial charge >= 0.3 is 6.18 Å². The molecule has 2 aromatic heterocycles. The Morgan fingerprint density at radius 1 is 1.00 bits per heavy atom. The maximum Gasteiger partial charge on any atom is 0.399 e. The summed E-state index contributed by atoms with van der Waals surface area (Å²) in [5.74, 6) is -1.77. The highest BCUT2D eigenvalue weighted by atomic mass is 19.4. The Bertz CT molecular complexity index is 782. The molecule has 118 valence electrons. The summed E-state index contributed by atoms with van der Waals surface area (Å²) in [6.07, 6.45) is -0.638. The molecule has 23 heavy (non-hydrogen) atoms. The van der Waals surface area contributed by atoms with Crippen LogP contribution in [0.3, 0.4) is 0 Å². The van der Waals surface area contributed by atoms with Crippen molar-refractivity contribution in [3.63, 3.8) is 0 Å². The number of pyridine rings is 1. The van der Waals surface area contributed by atoms with Crippen LogP contribution in [-0.4, -0.2) is 26.5 Å². The van der Waals surface area contributed by atoms with E-state index in [9.17, 15) is 18.3 Å². The topological polar surface area (TPSA) is 61.8 Å². The zero-order valence-corrected chi connectivity index (χ0v) is 11.7. The molecule has 2 heterocycles. The maximum atomic E-state index is 13.6. The van der Waals surface area contributed by atoms with Crippen LogP contribution in [0.4, 0.5) is 13.2 Å². The molecule has 2 N–H and O–H groups in total. The van der Waals surface area contributed by atoms with Crippen molar-refractivity contribution in [3.05, 3.63) is 66.1 Å². The summed E-state index contributed by atoms with van der Waals surface area (Å²) in [5.41, 5.74) is 0.895. The Kier molecular flexibility index (Phi) is 3.77. The fourth-order valence-electron chi connectivity index (χ4n) is 2.47. The fraction of sp³-hybridized carbons (Fsp3) is 0.125. The molecular weight excluding hydrogens is 307 g/mol. The van der Waals surface area contributed by atoms with Gasteiger partial charge in [0.25, 0.3) is 0 Å². The van der Waals surface area contributed by atoms with Crippen molar-refractivity contribution in [1.29, 1.82) is 0 Å². The maximum absolute atomic E-state index is 13.6. The van der Waals surface area contributed by atoms with Crippen LogP contribution in [0.1, 0.15) is 17.0 Å². The summed E-state index contributed by atoms with van der Waals surface area (Å²) in [6, 6.07) is 8.57. The molecule has 0 radical (unpaired) electrons. The van der Waals surface area contributed by atoms with Gasteiger partial charge in [-0.05, 0) is 42.0 Å². The number of H-pyrrole nitrogens is 1. The monoisotopic (exact) mass is 319 g/mol. The number of aromatic hydroxyl groups is 1. The Morgan fingerprint density at radius 3 is 2.26 bits per heavy atom. The van der Waals surface area contributed by atoms with Crippen LogP contribution >= 0.6 is 0 Å². The summed E-state index contributed by atoms with van der Waals surface area (Å²) in [6.45, 7) is 0. The molecule has 3 rings (SSSR count). The van der Waals surface area contributed by atoms with Crippen molar-refractivity contribution in [2.75, 3.05) is 0 Å². The first-order chi connectivity index (χ1) is 11.0. The Labute approximate surface area is 129 Å². The molecule has 0 fully saturated rings. The third-order valence-corrected chi connectivity index (χ3v) is 3.50. The standard InChI is InChI=1S/C16H12F3N3O/c17-16(18,19)14(10-5-7-20-8-6-10)13-9-21-22-15(13)11-1-3-12(23)4-2-11/h1-9,14,23H,(H,21,22). The third-order valence-electron chi connectivity index (χ3n) is 3.50. The molecule has 0 aliphatic carbocycles. The number of rotatable bonds is 3. The fourth-order valence-corrected chi connectivity index (χ4v) is 2.47. The number of phenolic OH excluding ortho intramolecular Hbond substituents is 1. The molecule has 1 unspecified atom stereocenters. The van der Waals surface area contributed by atoms with Gasteiger partial charge in [-0.15, -0.1) is 0 Å². The minimum Gasteiger partial charge on any atom is -0.508 e. The number of phenols is 1. The van der Waals surface area contributed by atoms with Crippen LogP contribution < -0.4 is 0 Å². The molecule has 1 aromatic carbocycles. The first kappa shape index (κ1) is 15.1. The van der Waals surface area contributed by atoms with E-state index in [1.54, 1.807) is 0 Å². The molecule has 1 atom stereocenters. The van der Waals surface area contributed by atoms with Crippen LogP contribution in [0.15, 0.2) is 55.0 Å². The lowest BCUT2D eigenvalue weighted by Crippen LogP contribution is -2.22. The Morgan fingerprint density at radius 2 is 1.65 bits per heavy atom. The summed E-state index contributed by atoms with van der Waals surface area (Å²) < 4.78 is 40.9. The molecule has 7 heteroatoms. The third kappa shape index (κ3) is 3.03. The van der Waals surface area contributed by atoms with Gasteiger partial charge in [0.2, 0.25) is 0 Å². The normalized spacial score (nSPS) is 13.0. The van der Waals surface area contributed by atoms with Gasteiger partial charge < -0.3 is 5.11 Å². The molecular formula is C16H12F3N3O. The molecule has 0 aliphatic heterocycles. The van der Waals surface area contributed by atoms with Gasteiger partial charge in [0.15, 0.2) is 0 Å². The number of aromatic nitrogens is 3. The highest BCUT2D eigenvalue weighted by molar-refractivity contribution is 5.65. The number of aromatic amines is 1. The van der Waals surface area contributed by atoms with Crippen molar-refractivity contribution in [1.82, 2.24) is 15.2 Å². The van der Waals surface area contributed by atoms with Gasteiger partial charge in [-0.1, -0.05) is 0 Å². The first-order valence-electron chi connectivity index (χ1n) is 6.76. The minimum absolute atomic E-state index is 0.0226. The quantitative estimate of drug-likeness (QED) is 0.770. The molecule has 0 spiro atoms. The van der Waals surface area contributed by atoms with Crippen molar-refractivity contribution >= 4 is 0 Å². The van der Waals surface area contributed by atoms with E-state index in [0.717, 1.165) is 0 Å². The van der Waals surface area contributed by atoms with Crippen LogP contribution in [0.5, 0.6) is 5.75 Å². The van der Waals surface area contributed by atoms with Crippen molar-refractivity contribution in [2.24, 2.45) is 0 Å².